The summed E-state index contributed by atoms with van der Waals surface area (Å²) >= 11 is 5.75. The highest BCUT2D eigenvalue weighted by Crippen LogP contribution is 2.30. The van der Waals surface area contributed by atoms with Crippen LogP contribution < -0.4 is 0 Å². The third-order valence-corrected chi connectivity index (χ3v) is 2.60. The number of benzene rings is 1. The van der Waals surface area contributed by atoms with Crippen molar-refractivity contribution in [3.05, 3.63) is 47.2 Å². The molecule has 76 valence electrons. The Labute approximate surface area is 93.2 Å². The average molecular weight is 220 g/mol. The summed E-state index contributed by atoms with van der Waals surface area (Å²) in [6.45, 7) is 1.98. The number of aromatic nitrogens is 1. The molecule has 1 heterocycles. The number of halogens is 1. The molecular formula is C12H10ClNO. The first-order valence-electron chi connectivity index (χ1n) is 4.58. The van der Waals surface area contributed by atoms with Gasteiger partial charge >= 0.3 is 0 Å². The number of nitrogens with zero attached hydrogens (tertiary/aromatic N) is 1. The van der Waals surface area contributed by atoms with Crippen LogP contribution >= 0.6 is 11.6 Å². The molecule has 0 unspecified atom stereocenters. The monoisotopic (exact) mass is 219 g/mol. The Balaban J connectivity index is 2.55. The highest BCUT2D eigenvalue weighted by Gasteiger charge is 2.04. The van der Waals surface area contributed by atoms with Crippen molar-refractivity contribution >= 4 is 11.6 Å². The number of rotatable bonds is 1. The lowest BCUT2D eigenvalue weighted by Crippen LogP contribution is -1.84. The van der Waals surface area contributed by atoms with Crippen LogP contribution in [0.3, 0.4) is 0 Å². The first-order valence-corrected chi connectivity index (χ1v) is 4.96. The van der Waals surface area contributed by atoms with E-state index in [0.29, 0.717) is 5.02 Å². The van der Waals surface area contributed by atoms with Crippen molar-refractivity contribution in [2.24, 2.45) is 0 Å². The fourth-order valence-corrected chi connectivity index (χ4v) is 1.60. The second-order valence-electron chi connectivity index (χ2n) is 3.36. The SMILES string of the molecule is Cc1cnccc1-c1ccc(Cl)c(O)c1. The molecule has 0 atom stereocenters. The minimum atomic E-state index is 0.102. The van der Waals surface area contributed by atoms with Crippen LogP contribution in [0.5, 0.6) is 5.75 Å². The van der Waals surface area contributed by atoms with Gasteiger partial charge in [-0.05, 0) is 41.8 Å². The van der Waals surface area contributed by atoms with Gasteiger partial charge in [0, 0.05) is 12.4 Å². The first kappa shape index (κ1) is 9.99. The highest BCUT2D eigenvalue weighted by atomic mass is 35.5. The second kappa shape index (κ2) is 3.91. The van der Waals surface area contributed by atoms with Gasteiger partial charge in [0.25, 0.3) is 0 Å². The van der Waals surface area contributed by atoms with Crippen LogP contribution in [0.2, 0.25) is 5.02 Å². The molecule has 0 aliphatic rings. The molecule has 0 aliphatic heterocycles. The van der Waals surface area contributed by atoms with Crippen molar-refractivity contribution in [1.82, 2.24) is 4.98 Å². The van der Waals surface area contributed by atoms with Gasteiger partial charge in [-0.15, -0.1) is 0 Å². The highest BCUT2D eigenvalue weighted by molar-refractivity contribution is 6.32. The molecule has 0 amide bonds. The minimum absolute atomic E-state index is 0.102. The number of aromatic hydroxyl groups is 1. The smallest absolute Gasteiger partial charge is 0.134 e. The molecule has 0 spiro atoms. The lowest BCUT2D eigenvalue weighted by Gasteiger charge is -2.06. The Morgan fingerprint density at radius 2 is 2.07 bits per heavy atom. The molecule has 2 nitrogen and oxygen atoms in total. The van der Waals surface area contributed by atoms with Crippen LogP contribution in [0.4, 0.5) is 0 Å². The fourth-order valence-electron chi connectivity index (χ4n) is 1.48. The Morgan fingerprint density at radius 3 is 2.73 bits per heavy atom. The van der Waals surface area contributed by atoms with E-state index in [1.54, 1.807) is 24.5 Å². The lowest BCUT2D eigenvalue weighted by molar-refractivity contribution is 0.476. The van der Waals surface area contributed by atoms with Crippen LogP contribution in [0.1, 0.15) is 5.56 Å². The molecular weight excluding hydrogens is 210 g/mol. The van der Waals surface area contributed by atoms with E-state index in [0.717, 1.165) is 16.7 Å². The van der Waals surface area contributed by atoms with E-state index in [4.69, 9.17) is 11.6 Å². The normalized spacial score (nSPS) is 10.3. The molecule has 0 aliphatic carbocycles. The Kier molecular flexibility index (Phi) is 2.60. The zero-order chi connectivity index (χ0) is 10.8. The van der Waals surface area contributed by atoms with E-state index in [9.17, 15) is 5.11 Å². The second-order valence-corrected chi connectivity index (χ2v) is 3.76. The Hall–Kier alpha value is -1.54. The number of aryl methyl sites for hydroxylation is 1. The summed E-state index contributed by atoms with van der Waals surface area (Å²) in [6.07, 6.45) is 3.52. The van der Waals surface area contributed by atoms with E-state index >= 15 is 0 Å². The Bertz CT molecular complexity index is 497. The molecule has 1 aromatic carbocycles. The quantitative estimate of drug-likeness (QED) is 0.797. The van der Waals surface area contributed by atoms with Crippen molar-refractivity contribution in [3.63, 3.8) is 0 Å². The van der Waals surface area contributed by atoms with Crippen LogP contribution in [-0.4, -0.2) is 10.1 Å². The number of hydrogen-bond acceptors (Lipinski definition) is 2. The number of pyridine rings is 1. The van der Waals surface area contributed by atoms with Crippen molar-refractivity contribution in [1.29, 1.82) is 0 Å². The predicted octanol–water partition coefficient (Wildman–Crippen LogP) is 3.42. The van der Waals surface area contributed by atoms with E-state index in [2.05, 4.69) is 4.98 Å². The van der Waals surface area contributed by atoms with E-state index in [1.807, 2.05) is 19.1 Å². The molecule has 0 bridgehead atoms. The van der Waals surface area contributed by atoms with E-state index in [1.165, 1.54) is 0 Å². The topological polar surface area (TPSA) is 33.1 Å². The summed E-state index contributed by atoms with van der Waals surface area (Å²) in [4.78, 5) is 4.02. The van der Waals surface area contributed by atoms with Gasteiger partial charge in [0.15, 0.2) is 0 Å². The largest absolute Gasteiger partial charge is 0.506 e. The van der Waals surface area contributed by atoms with Gasteiger partial charge in [-0.2, -0.15) is 0 Å². The summed E-state index contributed by atoms with van der Waals surface area (Å²) in [7, 11) is 0. The number of phenolic OH excluding ortho intramolecular Hbond substituents is 1. The fraction of sp³-hybridized carbons (Fsp3) is 0.0833. The van der Waals surface area contributed by atoms with Crippen LogP contribution in [0.25, 0.3) is 11.1 Å². The van der Waals surface area contributed by atoms with Crippen LogP contribution in [0, 0.1) is 6.92 Å². The molecule has 0 radical (unpaired) electrons. The molecule has 1 aromatic heterocycles. The molecule has 0 saturated carbocycles. The van der Waals surface area contributed by atoms with Gasteiger partial charge in [0.2, 0.25) is 0 Å². The molecule has 2 aromatic rings. The maximum absolute atomic E-state index is 9.50. The van der Waals surface area contributed by atoms with Gasteiger partial charge < -0.3 is 5.11 Å². The molecule has 0 saturated heterocycles. The molecule has 1 N–H and O–H groups in total. The summed E-state index contributed by atoms with van der Waals surface area (Å²) < 4.78 is 0. The van der Waals surface area contributed by atoms with Gasteiger partial charge in [-0.25, -0.2) is 0 Å². The lowest BCUT2D eigenvalue weighted by atomic mass is 10.0. The molecule has 0 fully saturated rings. The standard InChI is InChI=1S/C12H10ClNO/c1-8-7-14-5-4-10(8)9-2-3-11(13)12(15)6-9/h2-7,15H,1H3. The molecule has 3 heteroatoms. The predicted molar refractivity (Wildman–Crippen MR) is 61.1 cm³/mol. The Morgan fingerprint density at radius 1 is 1.27 bits per heavy atom. The minimum Gasteiger partial charge on any atom is -0.506 e. The van der Waals surface area contributed by atoms with Crippen LogP contribution in [0.15, 0.2) is 36.7 Å². The zero-order valence-electron chi connectivity index (χ0n) is 8.24. The summed E-state index contributed by atoms with van der Waals surface area (Å²) in [5.74, 6) is 0.102. The van der Waals surface area contributed by atoms with Crippen molar-refractivity contribution in [2.45, 2.75) is 6.92 Å². The number of hydrogen-bond donors (Lipinski definition) is 1. The van der Waals surface area contributed by atoms with Gasteiger partial charge in [-0.3, -0.25) is 4.98 Å². The maximum Gasteiger partial charge on any atom is 0.134 e. The molecule has 2 rings (SSSR count). The number of phenols is 1. The van der Waals surface area contributed by atoms with Crippen LogP contribution in [-0.2, 0) is 0 Å². The molecule has 15 heavy (non-hydrogen) atoms. The van der Waals surface area contributed by atoms with Gasteiger partial charge in [0.1, 0.15) is 5.75 Å². The summed E-state index contributed by atoms with van der Waals surface area (Å²) in [5.41, 5.74) is 3.06. The third-order valence-electron chi connectivity index (χ3n) is 2.28. The summed E-state index contributed by atoms with van der Waals surface area (Å²) in [5, 5.41) is 9.87. The van der Waals surface area contributed by atoms with Gasteiger partial charge in [-0.1, -0.05) is 17.7 Å². The van der Waals surface area contributed by atoms with Crippen molar-refractivity contribution < 1.29 is 5.11 Å². The average Bonchev–Trinajstić information content (AvgIpc) is 2.23. The van der Waals surface area contributed by atoms with E-state index < -0.39 is 0 Å². The van der Waals surface area contributed by atoms with Crippen molar-refractivity contribution in [2.75, 3.05) is 0 Å². The summed E-state index contributed by atoms with van der Waals surface area (Å²) in [6, 6.07) is 7.14. The van der Waals surface area contributed by atoms with Crippen molar-refractivity contribution in [3.8, 4) is 16.9 Å². The first-order chi connectivity index (χ1) is 7.18. The maximum atomic E-state index is 9.50. The van der Waals surface area contributed by atoms with E-state index in [-0.39, 0.29) is 5.75 Å². The zero-order valence-corrected chi connectivity index (χ0v) is 8.99. The third kappa shape index (κ3) is 1.95. The van der Waals surface area contributed by atoms with Gasteiger partial charge in [0.05, 0.1) is 5.02 Å².